The molecule has 3 rings (SSSR count). The van der Waals surface area contributed by atoms with Crippen LogP contribution in [0.4, 0.5) is 13.2 Å². The fraction of sp³-hybridized carbons (Fsp3) is 0.0556. The standard InChI is InChI=1S/C18H6Cl6F3N/c19-7-3-10(21)15(11(22)4-7)9-1-2-14(18(25,26)27)28-17(9)16-12(23)5-8(20)6-13(16)24/h1-6H. The van der Waals surface area contributed by atoms with Gasteiger partial charge in [0.25, 0.3) is 0 Å². The Bertz CT molecular complexity index is 1040. The van der Waals surface area contributed by atoms with Crippen molar-refractivity contribution in [3.8, 4) is 22.4 Å². The van der Waals surface area contributed by atoms with Crippen molar-refractivity contribution in [3.05, 3.63) is 72.2 Å². The van der Waals surface area contributed by atoms with Crippen LogP contribution in [-0.2, 0) is 6.18 Å². The van der Waals surface area contributed by atoms with Gasteiger partial charge in [0, 0.05) is 26.7 Å². The number of alkyl halides is 3. The van der Waals surface area contributed by atoms with Crippen molar-refractivity contribution < 1.29 is 13.2 Å². The van der Waals surface area contributed by atoms with Crippen LogP contribution in [0.25, 0.3) is 22.4 Å². The Balaban J connectivity index is 2.41. The molecule has 2 aromatic carbocycles. The molecule has 10 heteroatoms. The van der Waals surface area contributed by atoms with Gasteiger partial charge in [-0.15, -0.1) is 0 Å². The quantitative estimate of drug-likeness (QED) is 0.338. The summed E-state index contributed by atoms with van der Waals surface area (Å²) < 4.78 is 39.8. The molecule has 0 fully saturated rings. The second-order valence-electron chi connectivity index (χ2n) is 5.58. The lowest BCUT2D eigenvalue weighted by Gasteiger charge is -2.17. The SMILES string of the molecule is FC(F)(F)c1ccc(-c2c(Cl)cc(Cl)cc2Cl)c(-c2c(Cl)cc(Cl)cc2Cl)n1. The molecule has 0 N–H and O–H groups in total. The highest BCUT2D eigenvalue weighted by Gasteiger charge is 2.34. The van der Waals surface area contributed by atoms with Crippen LogP contribution in [0.5, 0.6) is 0 Å². The zero-order chi connectivity index (χ0) is 20.8. The number of benzene rings is 2. The highest BCUT2D eigenvalue weighted by atomic mass is 35.5. The normalized spacial score (nSPS) is 11.8. The fourth-order valence-electron chi connectivity index (χ4n) is 2.58. The molecule has 0 saturated heterocycles. The van der Waals surface area contributed by atoms with Gasteiger partial charge in [0.15, 0.2) is 0 Å². The van der Waals surface area contributed by atoms with E-state index in [1.54, 1.807) is 0 Å². The Morgan fingerprint density at radius 1 is 0.643 bits per heavy atom. The zero-order valence-corrected chi connectivity index (χ0v) is 17.8. The first-order chi connectivity index (χ1) is 13.0. The van der Waals surface area contributed by atoms with E-state index in [-0.39, 0.29) is 52.5 Å². The highest BCUT2D eigenvalue weighted by Crippen LogP contribution is 2.46. The summed E-state index contributed by atoms with van der Waals surface area (Å²) in [6, 6.07) is 7.54. The molecular weight excluding hydrogens is 500 g/mol. The third-order valence-electron chi connectivity index (χ3n) is 3.71. The lowest BCUT2D eigenvalue weighted by Crippen LogP contribution is -2.09. The van der Waals surface area contributed by atoms with Crippen LogP contribution in [0.2, 0.25) is 30.1 Å². The van der Waals surface area contributed by atoms with E-state index in [0.717, 1.165) is 6.07 Å². The monoisotopic (exact) mass is 503 g/mol. The minimum atomic E-state index is -4.69. The van der Waals surface area contributed by atoms with Crippen LogP contribution in [0.1, 0.15) is 5.69 Å². The van der Waals surface area contributed by atoms with Crippen molar-refractivity contribution >= 4 is 69.6 Å². The van der Waals surface area contributed by atoms with Gasteiger partial charge in [-0.3, -0.25) is 0 Å². The maximum Gasteiger partial charge on any atom is 0.433 e. The Hall–Kier alpha value is -0.880. The van der Waals surface area contributed by atoms with Crippen LogP contribution in [0.15, 0.2) is 36.4 Å². The van der Waals surface area contributed by atoms with Crippen molar-refractivity contribution in [1.29, 1.82) is 0 Å². The van der Waals surface area contributed by atoms with Crippen LogP contribution in [0, 0.1) is 0 Å². The highest BCUT2D eigenvalue weighted by molar-refractivity contribution is 6.43. The van der Waals surface area contributed by atoms with Gasteiger partial charge in [-0.1, -0.05) is 69.6 Å². The van der Waals surface area contributed by atoms with E-state index in [1.807, 2.05) is 0 Å². The number of hydrogen-bond donors (Lipinski definition) is 0. The second-order valence-corrected chi connectivity index (χ2v) is 8.08. The van der Waals surface area contributed by atoms with E-state index < -0.39 is 11.9 Å². The molecule has 0 radical (unpaired) electrons. The summed E-state index contributed by atoms with van der Waals surface area (Å²) in [7, 11) is 0. The number of hydrogen-bond acceptors (Lipinski definition) is 1. The third-order valence-corrected chi connectivity index (χ3v) is 5.33. The number of aromatic nitrogens is 1. The Morgan fingerprint density at radius 2 is 1.07 bits per heavy atom. The summed E-state index contributed by atoms with van der Waals surface area (Å²) in [6.07, 6.45) is -4.69. The van der Waals surface area contributed by atoms with E-state index in [1.165, 1.54) is 30.3 Å². The molecule has 146 valence electrons. The first-order valence-electron chi connectivity index (χ1n) is 7.37. The molecule has 0 bridgehead atoms. The van der Waals surface area contributed by atoms with Gasteiger partial charge in [0.1, 0.15) is 5.69 Å². The minimum absolute atomic E-state index is 0.0202. The molecule has 28 heavy (non-hydrogen) atoms. The summed E-state index contributed by atoms with van der Waals surface area (Å²) in [6.45, 7) is 0. The van der Waals surface area contributed by atoms with Crippen LogP contribution in [-0.4, -0.2) is 4.98 Å². The molecular formula is C18H6Cl6F3N. The van der Waals surface area contributed by atoms with E-state index in [4.69, 9.17) is 69.6 Å². The summed E-state index contributed by atoms with van der Waals surface area (Å²) in [5.74, 6) is 0. The van der Waals surface area contributed by atoms with Crippen molar-refractivity contribution in [2.45, 2.75) is 6.18 Å². The average molecular weight is 506 g/mol. The zero-order valence-electron chi connectivity index (χ0n) is 13.3. The maximum atomic E-state index is 13.3. The maximum absolute atomic E-state index is 13.3. The van der Waals surface area contributed by atoms with Crippen molar-refractivity contribution in [2.24, 2.45) is 0 Å². The fourth-order valence-corrected chi connectivity index (χ4v) is 4.59. The first kappa shape index (κ1) is 21.8. The Morgan fingerprint density at radius 3 is 1.50 bits per heavy atom. The predicted octanol–water partition coefficient (Wildman–Crippen LogP) is 9.35. The van der Waals surface area contributed by atoms with Gasteiger partial charge in [-0.05, 0) is 36.4 Å². The smallest absolute Gasteiger partial charge is 0.243 e. The van der Waals surface area contributed by atoms with E-state index in [0.29, 0.717) is 0 Å². The molecule has 0 aliphatic carbocycles. The van der Waals surface area contributed by atoms with E-state index >= 15 is 0 Å². The number of halogens is 9. The molecule has 1 heterocycles. The molecule has 1 nitrogen and oxygen atoms in total. The molecule has 0 unspecified atom stereocenters. The predicted molar refractivity (Wildman–Crippen MR) is 110 cm³/mol. The number of nitrogens with zero attached hydrogens (tertiary/aromatic N) is 1. The molecule has 0 saturated carbocycles. The van der Waals surface area contributed by atoms with E-state index in [2.05, 4.69) is 4.98 Å². The van der Waals surface area contributed by atoms with E-state index in [9.17, 15) is 13.2 Å². The van der Waals surface area contributed by atoms with Gasteiger partial charge >= 0.3 is 6.18 Å². The molecule has 3 aromatic rings. The Labute approximate surface area is 187 Å². The topological polar surface area (TPSA) is 12.9 Å². The molecule has 0 atom stereocenters. The molecule has 0 aliphatic heterocycles. The Kier molecular flexibility index (Phi) is 6.31. The summed E-state index contributed by atoms with van der Waals surface area (Å²) in [5.41, 5.74) is -0.769. The molecule has 0 spiro atoms. The number of rotatable bonds is 2. The largest absolute Gasteiger partial charge is 0.433 e. The number of pyridine rings is 1. The molecule has 0 aliphatic rings. The summed E-state index contributed by atoms with van der Waals surface area (Å²) >= 11 is 36.8. The third kappa shape index (κ3) is 4.33. The van der Waals surface area contributed by atoms with Gasteiger partial charge in [-0.2, -0.15) is 13.2 Å². The van der Waals surface area contributed by atoms with Gasteiger partial charge < -0.3 is 0 Å². The van der Waals surface area contributed by atoms with Gasteiger partial charge in [-0.25, -0.2) is 4.98 Å². The second kappa shape index (κ2) is 8.10. The van der Waals surface area contributed by atoms with Gasteiger partial charge in [0.05, 0.1) is 25.8 Å². The first-order valence-corrected chi connectivity index (χ1v) is 9.64. The van der Waals surface area contributed by atoms with Crippen molar-refractivity contribution in [2.75, 3.05) is 0 Å². The van der Waals surface area contributed by atoms with Crippen LogP contribution in [0.3, 0.4) is 0 Å². The van der Waals surface area contributed by atoms with Crippen molar-refractivity contribution in [1.82, 2.24) is 4.98 Å². The summed E-state index contributed by atoms with van der Waals surface area (Å²) in [4.78, 5) is 3.76. The minimum Gasteiger partial charge on any atom is -0.243 e. The van der Waals surface area contributed by atoms with Crippen LogP contribution < -0.4 is 0 Å². The summed E-state index contributed by atoms with van der Waals surface area (Å²) in [5, 5.41) is 0.777. The van der Waals surface area contributed by atoms with Gasteiger partial charge in [0.2, 0.25) is 0 Å². The molecule has 0 amide bonds. The van der Waals surface area contributed by atoms with Crippen LogP contribution >= 0.6 is 69.6 Å². The van der Waals surface area contributed by atoms with Crippen molar-refractivity contribution in [3.63, 3.8) is 0 Å². The lowest BCUT2D eigenvalue weighted by atomic mass is 9.98. The average Bonchev–Trinajstić information content (AvgIpc) is 2.53. The molecule has 1 aromatic heterocycles. The lowest BCUT2D eigenvalue weighted by molar-refractivity contribution is -0.141.